The summed E-state index contributed by atoms with van der Waals surface area (Å²) in [7, 11) is -2.96. The Morgan fingerprint density at radius 2 is 1.27 bits per heavy atom. The van der Waals surface area contributed by atoms with Crippen molar-refractivity contribution in [1.29, 1.82) is 0 Å². The lowest BCUT2D eigenvalue weighted by molar-refractivity contribution is -0.0499. The number of para-hydroxylation sites is 1. The van der Waals surface area contributed by atoms with Crippen LogP contribution in [-0.2, 0) is 10.1 Å². The van der Waals surface area contributed by atoms with Crippen LogP contribution in [0.15, 0.2) is 91.0 Å². The predicted octanol–water partition coefficient (Wildman–Crippen LogP) is 7.24. The fraction of sp³-hybridized carbons (Fsp3) is 0.100. The first-order valence-corrected chi connectivity index (χ1v) is 13.7. The molecule has 0 aliphatic carbocycles. The molecule has 1 aromatic heterocycles. The smallest absolute Gasteiger partial charge is 0.497 e. The molecule has 0 radical (unpaired) electrons. The van der Waals surface area contributed by atoms with E-state index in [0.29, 0.717) is 28.2 Å². The molecule has 5 aromatic carbocycles. The third-order valence-electron chi connectivity index (χ3n) is 6.74. The number of ether oxygens (including phenoxy) is 2. The molecule has 0 fully saturated rings. The minimum absolute atomic E-state index is 0.0338. The molecule has 0 N–H and O–H groups in total. The van der Waals surface area contributed by atoms with E-state index in [-0.39, 0.29) is 11.4 Å². The Kier molecular flexibility index (Phi) is 6.26. The number of methoxy groups -OCH3 is 2. The highest BCUT2D eigenvalue weighted by Gasteiger charge is 2.49. The standard InChI is InChI=1S/C30H21F3N2O5S/c1-38-19-15-18(16-20(17-19)39-2)35-28-24-12-6-4-10-22(24)21-9-3-5-11-23(21)27(28)34-29(35)25-13-7-8-14-26(25)40-41(36,37)30(31,32)33/h3-17H,1-2H3. The van der Waals surface area contributed by atoms with Gasteiger partial charge in [0, 0.05) is 29.0 Å². The zero-order chi connectivity index (χ0) is 28.9. The number of imidazole rings is 1. The van der Waals surface area contributed by atoms with Crippen molar-refractivity contribution in [3.8, 4) is 34.3 Å². The summed E-state index contributed by atoms with van der Waals surface area (Å²) in [5.41, 5.74) is -3.85. The maximum Gasteiger partial charge on any atom is 0.534 e. The summed E-state index contributed by atoms with van der Waals surface area (Å²) in [6, 6.07) is 26.1. The molecule has 6 aromatic rings. The normalized spacial score (nSPS) is 12.2. The van der Waals surface area contributed by atoms with Crippen molar-refractivity contribution >= 4 is 42.7 Å². The molecule has 41 heavy (non-hydrogen) atoms. The van der Waals surface area contributed by atoms with E-state index >= 15 is 0 Å². The highest BCUT2D eigenvalue weighted by Crippen LogP contribution is 2.42. The molecule has 0 atom stereocenters. The summed E-state index contributed by atoms with van der Waals surface area (Å²) in [5.74, 6) is 0.553. The molecule has 0 unspecified atom stereocenters. The zero-order valence-corrected chi connectivity index (χ0v) is 22.5. The molecule has 0 spiro atoms. The van der Waals surface area contributed by atoms with E-state index < -0.39 is 21.4 Å². The fourth-order valence-corrected chi connectivity index (χ4v) is 5.42. The van der Waals surface area contributed by atoms with Gasteiger partial charge in [-0.05, 0) is 22.9 Å². The average Bonchev–Trinajstić information content (AvgIpc) is 3.37. The predicted molar refractivity (Wildman–Crippen MR) is 150 cm³/mol. The Morgan fingerprint density at radius 3 is 1.88 bits per heavy atom. The third kappa shape index (κ3) is 4.38. The van der Waals surface area contributed by atoms with Crippen LogP contribution in [0.25, 0.3) is 49.7 Å². The quantitative estimate of drug-likeness (QED) is 0.118. The van der Waals surface area contributed by atoms with E-state index in [9.17, 15) is 21.6 Å². The van der Waals surface area contributed by atoms with Crippen molar-refractivity contribution < 1.29 is 35.2 Å². The molecule has 208 valence electrons. The van der Waals surface area contributed by atoms with Crippen LogP contribution in [0.4, 0.5) is 13.2 Å². The van der Waals surface area contributed by atoms with Crippen LogP contribution in [-0.4, -0.2) is 37.7 Å². The van der Waals surface area contributed by atoms with Crippen LogP contribution in [0, 0.1) is 0 Å². The van der Waals surface area contributed by atoms with Crippen molar-refractivity contribution in [2.75, 3.05) is 14.2 Å². The Hall–Kier alpha value is -4.77. The summed E-state index contributed by atoms with van der Waals surface area (Å²) < 4.78 is 81.4. The first kappa shape index (κ1) is 26.5. The van der Waals surface area contributed by atoms with Crippen LogP contribution in [0.3, 0.4) is 0 Å². The summed E-state index contributed by atoms with van der Waals surface area (Å²) >= 11 is 0. The van der Waals surface area contributed by atoms with Crippen molar-refractivity contribution in [1.82, 2.24) is 9.55 Å². The monoisotopic (exact) mass is 578 g/mol. The van der Waals surface area contributed by atoms with Gasteiger partial charge in [0.1, 0.15) is 17.3 Å². The topological polar surface area (TPSA) is 79.7 Å². The van der Waals surface area contributed by atoms with Gasteiger partial charge in [-0.3, -0.25) is 4.57 Å². The van der Waals surface area contributed by atoms with Crippen molar-refractivity contribution in [3.63, 3.8) is 0 Å². The molecular formula is C30H21F3N2O5S. The minimum Gasteiger partial charge on any atom is -0.497 e. The summed E-state index contributed by atoms with van der Waals surface area (Å²) in [6.07, 6.45) is 0. The maximum atomic E-state index is 13.3. The first-order valence-electron chi connectivity index (χ1n) is 12.3. The van der Waals surface area contributed by atoms with E-state index in [4.69, 9.17) is 14.5 Å². The van der Waals surface area contributed by atoms with E-state index in [1.807, 2.05) is 48.5 Å². The Morgan fingerprint density at radius 1 is 0.732 bits per heavy atom. The highest BCUT2D eigenvalue weighted by atomic mass is 32.2. The Bertz CT molecular complexity index is 2050. The number of rotatable bonds is 6. The number of fused-ring (bicyclic) bond motifs is 6. The summed E-state index contributed by atoms with van der Waals surface area (Å²) in [4.78, 5) is 4.93. The van der Waals surface area contributed by atoms with Gasteiger partial charge in [0.15, 0.2) is 5.75 Å². The molecule has 0 saturated heterocycles. The number of alkyl halides is 3. The third-order valence-corrected chi connectivity index (χ3v) is 7.70. The Labute approximate surface area is 232 Å². The van der Waals surface area contributed by atoms with Gasteiger partial charge in [-0.1, -0.05) is 60.7 Å². The van der Waals surface area contributed by atoms with Crippen molar-refractivity contribution in [3.05, 3.63) is 91.0 Å². The summed E-state index contributed by atoms with van der Waals surface area (Å²) in [5, 5.41) is 3.49. The van der Waals surface area contributed by atoms with Gasteiger partial charge < -0.3 is 13.7 Å². The van der Waals surface area contributed by atoms with Gasteiger partial charge in [0.2, 0.25) is 0 Å². The van der Waals surface area contributed by atoms with Gasteiger partial charge in [0.25, 0.3) is 0 Å². The van der Waals surface area contributed by atoms with Crippen LogP contribution in [0.1, 0.15) is 0 Å². The summed E-state index contributed by atoms with van der Waals surface area (Å²) in [6.45, 7) is 0. The molecule has 0 bridgehead atoms. The van der Waals surface area contributed by atoms with Gasteiger partial charge in [-0.25, -0.2) is 4.98 Å². The molecule has 6 rings (SSSR count). The largest absolute Gasteiger partial charge is 0.534 e. The lowest BCUT2D eigenvalue weighted by atomic mass is 10.00. The van der Waals surface area contributed by atoms with Crippen LogP contribution >= 0.6 is 0 Å². The number of benzene rings is 5. The molecule has 0 saturated carbocycles. The highest BCUT2D eigenvalue weighted by molar-refractivity contribution is 7.88. The maximum absolute atomic E-state index is 13.3. The van der Waals surface area contributed by atoms with Crippen LogP contribution < -0.4 is 13.7 Å². The fourth-order valence-electron chi connectivity index (χ4n) is 4.95. The van der Waals surface area contributed by atoms with Gasteiger partial charge in [0.05, 0.1) is 36.5 Å². The van der Waals surface area contributed by atoms with Crippen molar-refractivity contribution in [2.24, 2.45) is 0 Å². The van der Waals surface area contributed by atoms with Crippen LogP contribution in [0.5, 0.6) is 17.2 Å². The van der Waals surface area contributed by atoms with E-state index in [2.05, 4.69) is 4.18 Å². The molecule has 1 heterocycles. The molecule has 7 nitrogen and oxygen atoms in total. The van der Waals surface area contributed by atoms with Gasteiger partial charge >= 0.3 is 15.6 Å². The number of aromatic nitrogens is 2. The molecule has 11 heteroatoms. The van der Waals surface area contributed by atoms with Crippen molar-refractivity contribution in [2.45, 2.75) is 5.51 Å². The first-order chi connectivity index (χ1) is 19.6. The Balaban J connectivity index is 1.78. The number of halogens is 3. The average molecular weight is 579 g/mol. The molecule has 0 aliphatic rings. The number of nitrogens with zero attached hydrogens (tertiary/aromatic N) is 2. The minimum atomic E-state index is -5.96. The van der Waals surface area contributed by atoms with E-state index in [1.54, 1.807) is 28.8 Å². The van der Waals surface area contributed by atoms with E-state index in [1.165, 1.54) is 26.4 Å². The lowest BCUT2D eigenvalue weighted by Crippen LogP contribution is -2.28. The number of hydrogen-bond donors (Lipinski definition) is 0. The molecule has 0 aliphatic heterocycles. The van der Waals surface area contributed by atoms with Crippen LogP contribution in [0.2, 0.25) is 0 Å². The van der Waals surface area contributed by atoms with Gasteiger partial charge in [-0.15, -0.1) is 0 Å². The second-order valence-corrected chi connectivity index (χ2v) is 10.6. The second-order valence-electron chi connectivity index (χ2n) is 9.11. The second kappa shape index (κ2) is 9.70. The van der Waals surface area contributed by atoms with E-state index in [0.717, 1.165) is 27.6 Å². The molecular weight excluding hydrogens is 557 g/mol. The SMILES string of the molecule is COc1cc(OC)cc(-n2c(-c3ccccc3OS(=O)(=O)C(F)(F)F)nc3c4ccccc4c4ccccc4c32)c1. The molecule has 0 amide bonds. The zero-order valence-electron chi connectivity index (χ0n) is 21.6. The number of hydrogen-bond acceptors (Lipinski definition) is 6. The van der Waals surface area contributed by atoms with Gasteiger partial charge in [-0.2, -0.15) is 21.6 Å². The lowest BCUT2D eigenvalue weighted by Gasteiger charge is -2.16.